The number of hydrogen-bond donors (Lipinski definition) is 0. The molecular formula is C22H26NO2+. The number of benzene rings is 2. The lowest BCUT2D eigenvalue weighted by Crippen LogP contribution is -2.68. The topological polar surface area (TPSA) is 18.5 Å². The van der Waals surface area contributed by atoms with Crippen LogP contribution in [0.1, 0.15) is 17.5 Å². The van der Waals surface area contributed by atoms with Crippen LogP contribution in [-0.4, -0.2) is 32.1 Å². The molecule has 1 saturated heterocycles. The van der Waals surface area contributed by atoms with E-state index >= 15 is 0 Å². The highest BCUT2D eigenvalue weighted by atomic mass is 16.6. The highest BCUT2D eigenvalue weighted by molar-refractivity contribution is 5.50. The molecular weight excluding hydrogens is 310 g/mol. The summed E-state index contributed by atoms with van der Waals surface area (Å²) < 4.78 is 13.2. The second kappa shape index (κ2) is 6.75. The molecule has 0 spiro atoms. The van der Waals surface area contributed by atoms with Gasteiger partial charge in [0.25, 0.3) is 0 Å². The normalized spacial score (nSPS) is 29.0. The first-order chi connectivity index (χ1) is 12.2. The minimum Gasteiger partial charge on any atom is -0.370 e. The highest BCUT2D eigenvalue weighted by Gasteiger charge is 2.55. The van der Waals surface area contributed by atoms with Crippen LogP contribution in [-0.2, 0) is 15.9 Å². The second-order valence-electron chi connectivity index (χ2n) is 7.11. The van der Waals surface area contributed by atoms with Gasteiger partial charge in [0, 0.05) is 6.42 Å². The van der Waals surface area contributed by atoms with Crippen molar-refractivity contribution in [3.8, 4) is 0 Å². The van der Waals surface area contributed by atoms with Gasteiger partial charge in [0.1, 0.15) is 12.3 Å². The first-order valence-corrected chi connectivity index (χ1v) is 9.13. The molecule has 130 valence electrons. The minimum atomic E-state index is -0.415. The Labute approximate surface area is 150 Å². The van der Waals surface area contributed by atoms with Crippen molar-refractivity contribution in [1.82, 2.24) is 4.48 Å². The zero-order chi connectivity index (χ0) is 17.2. The Hall–Kier alpha value is -1.94. The van der Waals surface area contributed by atoms with E-state index in [9.17, 15) is 0 Å². The van der Waals surface area contributed by atoms with Crippen LogP contribution in [0.2, 0.25) is 0 Å². The van der Waals surface area contributed by atoms with E-state index in [1.165, 1.54) is 16.8 Å². The monoisotopic (exact) mass is 336 g/mol. The molecule has 2 aromatic carbocycles. The Balaban J connectivity index is 1.80. The Morgan fingerprint density at radius 3 is 2.44 bits per heavy atom. The van der Waals surface area contributed by atoms with Gasteiger partial charge in [-0.15, -0.1) is 0 Å². The molecule has 2 aliphatic rings. The van der Waals surface area contributed by atoms with Gasteiger partial charge in [-0.1, -0.05) is 48.0 Å². The second-order valence-corrected chi connectivity index (χ2v) is 7.11. The van der Waals surface area contributed by atoms with Crippen molar-refractivity contribution in [3.05, 3.63) is 78.0 Å². The van der Waals surface area contributed by atoms with E-state index in [1.54, 1.807) is 0 Å². The fourth-order valence-corrected chi connectivity index (χ4v) is 4.16. The lowest BCUT2D eigenvalue weighted by Gasteiger charge is -2.50. The van der Waals surface area contributed by atoms with Crippen molar-refractivity contribution in [3.63, 3.8) is 0 Å². The van der Waals surface area contributed by atoms with Crippen molar-refractivity contribution in [2.24, 2.45) is 0 Å². The predicted molar refractivity (Wildman–Crippen MR) is 101 cm³/mol. The van der Waals surface area contributed by atoms with Gasteiger partial charge in [0.15, 0.2) is 0 Å². The van der Waals surface area contributed by atoms with Gasteiger partial charge in [-0.3, -0.25) is 0 Å². The lowest BCUT2D eigenvalue weighted by molar-refractivity contribution is -0.212. The van der Waals surface area contributed by atoms with E-state index in [4.69, 9.17) is 9.47 Å². The maximum atomic E-state index is 6.54. The first-order valence-electron chi connectivity index (χ1n) is 9.13. The Kier molecular flexibility index (Phi) is 4.46. The van der Waals surface area contributed by atoms with E-state index in [1.807, 2.05) is 0 Å². The quantitative estimate of drug-likeness (QED) is 0.779. The van der Waals surface area contributed by atoms with Crippen molar-refractivity contribution in [2.45, 2.75) is 25.5 Å². The molecule has 2 aliphatic heterocycles. The molecule has 2 aromatic rings. The number of hydrogen-bond acceptors (Lipinski definition) is 2. The molecule has 3 nitrogen and oxygen atoms in total. The standard InChI is InChI=1S/C22H26NO2/c1-19-9-11-21(12-10-19)23(13-5-6-14-23)22(18-24-15-16-25-22)17-20-7-3-2-4-8-20/h2-5,7-13H,6,14-18H2,1H3/q+1. The van der Waals surface area contributed by atoms with Crippen LogP contribution >= 0.6 is 0 Å². The summed E-state index contributed by atoms with van der Waals surface area (Å²) in [5.74, 6) is 0. The Morgan fingerprint density at radius 1 is 1.00 bits per heavy atom. The van der Waals surface area contributed by atoms with E-state index < -0.39 is 5.72 Å². The summed E-state index contributed by atoms with van der Waals surface area (Å²) in [5.41, 5.74) is 3.43. The molecule has 0 aromatic heterocycles. The van der Waals surface area contributed by atoms with E-state index in [0.717, 1.165) is 19.4 Å². The molecule has 0 bridgehead atoms. The van der Waals surface area contributed by atoms with Gasteiger partial charge in [-0.05, 0) is 30.7 Å². The maximum Gasteiger partial charge on any atom is 0.240 e. The van der Waals surface area contributed by atoms with Crippen LogP contribution in [0, 0.1) is 6.92 Å². The third-order valence-electron chi connectivity index (χ3n) is 5.48. The zero-order valence-corrected chi connectivity index (χ0v) is 14.9. The number of quaternary nitrogens is 1. The smallest absolute Gasteiger partial charge is 0.240 e. The van der Waals surface area contributed by atoms with Crippen LogP contribution in [0.4, 0.5) is 5.69 Å². The maximum absolute atomic E-state index is 6.54. The lowest BCUT2D eigenvalue weighted by atomic mass is 9.96. The first kappa shape index (κ1) is 16.5. The number of nitrogens with zero attached hydrogens (tertiary/aromatic N) is 1. The van der Waals surface area contributed by atoms with Gasteiger partial charge < -0.3 is 9.47 Å². The number of aryl methyl sites for hydroxylation is 1. The van der Waals surface area contributed by atoms with Gasteiger partial charge >= 0.3 is 0 Å². The van der Waals surface area contributed by atoms with Gasteiger partial charge in [0.2, 0.25) is 5.72 Å². The molecule has 0 aliphatic carbocycles. The van der Waals surface area contributed by atoms with Gasteiger partial charge in [0.05, 0.1) is 32.4 Å². The van der Waals surface area contributed by atoms with Crippen LogP contribution in [0.3, 0.4) is 0 Å². The number of ether oxygens (including phenoxy) is 2. The fourth-order valence-electron chi connectivity index (χ4n) is 4.16. The van der Waals surface area contributed by atoms with Crippen LogP contribution in [0.15, 0.2) is 66.9 Å². The fraction of sp³-hybridized carbons (Fsp3) is 0.364. The average molecular weight is 336 g/mol. The Morgan fingerprint density at radius 2 is 1.80 bits per heavy atom. The molecule has 1 fully saturated rings. The number of rotatable bonds is 4. The molecule has 3 heteroatoms. The molecule has 0 radical (unpaired) electrons. The summed E-state index contributed by atoms with van der Waals surface area (Å²) in [6.45, 7) is 5.08. The van der Waals surface area contributed by atoms with Crippen molar-refractivity contribution >= 4 is 5.69 Å². The molecule has 0 saturated carbocycles. The van der Waals surface area contributed by atoms with Crippen LogP contribution < -0.4 is 4.48 Å². The summed E-state index contributed by atoms with van der Waals surface area (Å²) in [6.07, 6.45) is 6.51. The van der Waals surface area contributed by atoms with E-state index in [-0.39, 0.29) is 0 Å². The molecule has 0 N–H and O–H groups in total. The molecule has 4 rings (SSSR count). The summed E-state index contributed by atoms with van der Waals surface area (Å²) in [4.78, 5) is 0. The highest BCUT2D eigenvalue weighted by Crippen LogP contribution is 2.42. The summed E-state index contributed by atoms with van der Waals surface area (Å²) in [7, 11) is 0. The molecule has 2 atom stereocenters. The summed E-state index contributed by atoms with van der Waals surface area (Å²) in [6, 6.07) is 19.5. The zero-order valence-electron chi connectivity index (χ0n) is 14.9. The summed E-state index contributed by atoms with van der Waals surface area (Å²) in [5, 5.41) is 0. The Bertz CT molecular complexity index is 732. The van der Waals surface area contributed by atoms with Gasteiger partial charge in [-0.25, -0.2) is 4.48 Å². The minimum absolute atomic E-state index is 0.415. The predicted octanol–water partition coefficient (Wildman–Crippen LogP) is 4.21. The van der Waals surface area contributed by atoms with E-state index in [0.29, 0.717) is 24.3 Å². The molecule has 2 heterocycles. The van der Waals surface area contributed by atoms with Crippen molar-refractivity contribution in [2.75, 3.05) is 26.4 Å². The van der Waals surface area contributed by atoms with Crippen molar-refractivity contribution < 1.29 is 9.47 Å². The summed E-state index contributed by atoms with van der Waals surface area (Å²) >= 11 is 0. The molecule has 25 heavy (non-hydrogen) atoms. The third kappa shape index (κ3) is 2.93. The van der Waals surface area contributed by atoms with Crippen molar-refractivity contribution in [1.29, 1.82) is 0 Å². The van der Waals surface area contributed by atoms with E-state index in [2.05, 4.69) is 73.8 Å². The SMILES string of the molecule is Cc1ccc([N+]2(C3(Cc4ccccc4)COCCO3)C=CCC2)cc1. The third-order valence-corrected chi connectivity index (χ3v) is 5.48. The molecule has 0 amide bonds. The molecule has 2 unspecified atom stereocenters. The largest absolute Gasteiger partial charge is 0.370 e. The average Bonchev–Trinajstić information content (AvgIpc) is 3.16. The van der Waals surface area contributed by atoms with Gasteiger partial charge in [-0.2, -0.15) is 0 Å². The van der Waals surface area contributed by atoms with Crippen LogP contribution in [0.25, 0.3) is 0 Å². The van der Waals surface area contributed by atoms with Crippen LogP contribution in [0.5, 0.6) is 0 Å².